The van der Waals surface area contributed by atoms with Crippen molar-refractivity contribution in [2.24, 2.45) is 0 Å². The molecule has 3 aromatic rings. The third kappa shape index (κ3) is 3.50. The third-order valence-corrected chi connectivity index (χ3v) is 6.26. The summed E-state index contributed by atoms with van der Waals surface area (Å²) in [5.41, 5.74) is 3.25. The Kier molecular flexibility index (Phi) is 5.09. The number of carbonyl (C=O) groups is 2. The summed E-state index contributed by atoms with van der Waals surface area (Å²) in [5, 5.41) is 3.32. The van der Waals surface area contributed by atoms with Crippen LogP contribution in [0.3, 0.4) is 0 Å². The zero-order valence-electron chi connectivity index (χ0n) is 15.5. The van der Waals surface area contributed by atoms with Gasteiger partial charge in [-0.3, -0.25) is 9.59 Å². The standard InChI is InChI=1S/C23H20FNO2S/c1-14-10-12-15(13-11-14)21(26)20-17-7-3-5-9-19(17)28-23(20)25-22(27)16-6-2-4-8-18(16)24/h2,4,6,8,10-13H,3,5,7,9H2,1H3,(H,25,27). The molecule has 3 nitrogen and oxygen atoms in total. The minimum absolute atomic E-state index is 0.0254. The number of benzene rings is 2. The number of hydrogen-bond acceptors (Lipinski definition) is 3. The summed E-state index contributed by atoms with van der Waals surface area (Å²) >= 11 is 1.44. The molecule has 0 fully saturated rings. The number of ketones is 1. The second-order valence-corrected chi connectivity index (χ2v) is 8.15. The van der Waals surface area contributed by atoms with Gasteiger partial charge in [0, 0.05) is 10.4 Å². The van der Waals surface area contributed by atoms with E-state index in [1.807, 2.05) is 31.2 Å². The van der Waals surface area contributed by atoms with Gasteiger partial charge < -0.3 is 5.32 Å². The van der Waals surface area contributed by atoms with E-state index >= 15 is 0 Å². The van der Waals surface area contributed by atoms with Crippen molar-refractivity contribution in [3.05, 3.63) is 87.0 Å². The quantitative estimate of drug-likeness (QED) is 0.590. The molecule has 1 aliphatic carbocycles. The maximum Gasteiger partial charge on any atom is 0.259 e. The number of nitrogens with one attached hydrogen (secondary N) is 1. The molecule has 142 valence electrons. The van der Waals surface area contributed by atoms with Gasteiger partial charge in [-0.25, -0.2) is 4.39 Å². The first-order valence-corrected chi connectivity index (χ1v) is 10.2. The van der Waals surface area contributed by atoms with Crippen LogP contribution in [0.1, 0.15) is 55.1 Å². The molecule has 0 saturated carbocycles. The predicted molar refractivity (Wildman–Crippen MR) is 110 cm³/mol. The lowest BCUT2D eigenvalue weighted by atomic mass is 9.91. The topological polar surface area (TPSA) is 46.2 Å². The lowest BCUT2D eigenvalue weighted by Crippen LogP contribution is -2.16. The summed E-state index contributed by atoms with van der Waals surface area (Å²) in [6.45, 7) is 1.97. The Morgan fingerprint density at radius 2 is 1.71 bits per heavy atom. The van der Waals surface area contributed by atoms with E-state index in [2.05, 4.69) is 5.32 Å². The Bertz CT molecular complexity index is 1050. The number of thiophene rings is 1. The summed E-state index contributed by atoms with van der Waals surface area (Å²) in [5.74, 6) is -1.20. The normalized spacial score (nSPS) is 13.1. The van der Waals surface area contributed by atoms with E-state index in [9.17, 15) is 14.0 Å². The first-order chi connectivity index (χ1) is 13.5. The van der Waals surface area contributed by atoms with Gasteiger partial charge in [-0.1, -0.05) is 42.0 Å². The van der Waals surface area contributed by atoms with Crippen LogP contribution in [0.4, 0.5) is 9.39 Å². The molecule has 5 heteroatoms. The molecule has 28 heavy (non-hydrogen) atoms. The van der Waals surface area contributed by atoms with Crippen LogP contribution in [-0.2, 0) is 12.8 Å². The van der Waals surface area contributed by atoms with E-state index in [0.29, 0.717) is 16.1 Å². The maximum atomic E-state index is 14.0. The average Bonchev–Trinajstić information content (AvgIpc) is 3.06. The highest BCUT2D eigenvalue weighted by atomic mass is 32.1. The van der Waals surface area contributed by atoms with E-state index in [1.54, 1.807) is 12.1 Å². The zero-order chi connectivity index (χ0) is 19.7. The fourth-order valence-electron chi connectivity index (χ4n) is 3.56. The number of halogens is 1. The molecular formula is C23H20FNO2S. The number of amides is 1. The Balaban J connectivity index is 1.74. The monoisotopic (exact) mass is 393 g/mol. The number of aryl methyl sites for hydroxylation is 2. The van der Waals surface area contributed by atoms with Crippen LogP contribution in [0.2, 0.25) is 0 Å². The molecule has 1 amide bonds. The van der Waals surface area contributed by atoms with Gasteiger partial charge in [0.25, 0.3) is 5.91 Å². The summed E-state index contributed by atoms with van der Waals surface area (Å²) < 4.78 is 14.0. The number of hydrogen-bond donors (Lipinski definition) is 1. The highest BCUT2D eigenvalue weighted by Gasteiger charge is 2.27. The molecule has 0 unspecified atom stereocenters. The lowest BCUT2D eigenvalue weighted by Gasteiger charge is -2.13. The Morgan fingerprint density at radius 1 is 1.00 bits per heavy atom. The van der Waals surface area contributed by atoms with E-state index in [-0.39, 0.29) is 11.3 Å². The minimum atomic E-state index is -0.576. The van der Waals surface area contributed by atoms with Crippen molar-refractivity contribution in [2.45, 2.75) is 32.6 Å². The number of rotatable bonds is 4. The van der Waals surface area contributed by atoms with Gasteiger partial charge in [0.1, 0.15) is 10.8 Å². The average molecular weight is 393 g/mol. The summed E-state index contributed by atoms with van der Waals surface area (Å²) in [7, 11) is 0. The number of carbonyl (C=O) groups excluding carboxylic acids is 2. The predicted octanol–water partition coefficient (Wildman–Crippen LogP) is 5.56. The molecule has 0 aliphatic heterocycles. The van der Waals surface area contributed by atoms with Crippen molar-refractivity contribution < 1.29 is 14.0 Å². The van der Waals surface area contributed by atoms with Gasteiger partial charge in [-0.2, -0.15) is 0 Å². The summed E-state index contributed by atoms with van der Waals surface area (Å²) in [4.78, 5) is 27.1. The SMILES string of the molecule is Cc1ccc(C(=O)c2c(NC(=O)c3ccccc3F)sc3c2CCCC3)cc1. The van der Waals surface area contributed by atoms with Crippen molar-refractivity contribution in [1.29, 1.82) is 0 Å². The van der Waals surface area contributed by atoms with Gasteiger partial charge in [-0.05, 0) is 50.3 Å². The minimum Gasteiger partial charge on any atom is -0.313 e. The van der Waals surface area contributed by atoms with Crippen molar-refractivity contribution in [2.75, 3.05) is 5.32 Å². The fourth-order valence-corrected chi connectivity index (χ4v) is 4.84. The molecule has 0 spiro atoms. The second kappa shape index (κ2) is 7.68. The Labute approximate surface area is 167 Å². The van der Waals surface area contributed by atoms with E-state index in [0.717, 1.165) is 41.7 Å². The molecule has 0 radical (unpaired) electrons. The van der Waals surface area contributed by atoms with E-state index < -0.39 is 11.7 Å². The molecule has 1 aromatic heterocycles. The van der Waals surface area contributed by atoms with Crippen LogP contribution in [0.5, 0.6) is 0 Å². The molecule has 1 N–H and O–H groups in total. The molecule has 1 heterocycles. The summed E-state index contributed by atoms with van der Waals surface area (Å²) in [6, 6.07) is 13.3. The Morgan fingerprint density at radius 3 is 2.46 bits per heavy atom. The largest absolute Gasteiger partial charge is 0.313 e. The fraction of sp³-hybridized carbons (Fsp3) is 0.217. The number of fused-ring (bicyclic) bond motifs is 1. The molecule has 0 atom stereocenters. The van der Waals surface area contributed by atoms with Crippen LogP contribution in [-0.4, -0.2) is 11.7 Å². The molecular weight excluding hydrogens is 373 g/mol. The molecule has 1 aliphatic rings. The van der Waals surface area contributed by atoms with Crippen LogP contribution in [0, 0.1) is 12.7 Å². The number of anilines is 1. The highest BCUT2D eigenvalue weighted by molar-refractivity contribution is 7.17. The van der Waals surface area contributed by atoms with Gasteiger partial charge in [0.2, 0.25) is 0 Å². The van der Waals surface area contributed by atoms with E-state index in [1.165, 1.54) is 23.5 Å². The van der Waals surface area contributed by atoms with Crippen LogP contribution >= 0.6 is 11.3 Å². The van der Waals surface area contributed by atoms with Gasteiger partial charge in [0.15, 0.2) is 5.78 Å². The lowest BCUT2D eigenvalue weighted by molar-refractivity contribution is 0.102. The van der Waals surface area contributed by atoms with Crippen LogP contribution in [0.25, 0.3) is 0 Å². The maximum absolute atomic E-state index is 14.0. The second-order valence-electron chi connectivity index (χ2n) is 7.04. The third-order valence-electron chi connectivity index (χ3n) is 5.06. The van der Waals surface area contributed by atoms with Crippen molar-refractivity contribution in [3.63, 3.8) is 0 Å². The van der Waals surface area contributed by atoms with E-state index in [4.69, 9.17) is 0 Å². The van der Waals surface area contributed by atoms with Gasteiger partial charge in [0.05, 0.1) is 11.1 Å². The molecule has 0 bridgehead atoms. The zero-order valence-corrected chi connectivity index (χ0v) is 16.4. The smallest absolute Gasteiger partial charge is 0.259 e. The Hall–Kier alpha value is -2.79. The van der Waals surface area contributed by atoms with Gasteiger partial charge in [-0.15, -0.1) is 11.3 Å². The first kappa shape index (κ1) is 18.6. The van der Waals surface area contributed by atoms with Crippen molar-refractivity contribution in [3.8, 4) is 0 Å². The van der Waals surface area contributed by atoms with Crippen LogP contribution in [0.15, 0.2) is 48.5 Å². The summed E-state index contributed by atoms with van der Waals surface area (Å²) in [6.07, 6.45) is 3.84. The van der Waals surface area contributed by atoms with Gasteiger partial charge >= 0.3 is 0 Å². The van der Waals surface area contributed by atoms with Crippen LogP contribution < -0.4 is 5.32 Å². The molecule has 2 aromatic carbocycles. The van der Waals surface area contributed by atoms with Crippen molar-refractivity contribution >= 4 is 28.0 Å². The highest BCUT2D eigenvalue weighted by Crippen LogP contribution is 2.39. The molecule has 0 saturated heterocycles. The molecule has 4 rings (SSSR count). The first-order valence-electron chi connectivity index (χ1n) is 9.36. The van der Waals surface area contributed by atoms with Crippen molar-refractivity contribution in [1.82, 2.24) is 0 Å².